The Bertz CT molecular complexity index is 604. The number of benzene rings is 2. The second kappa shape index (κ2) is 6.65. The van der Waals surface area contributed by atoms with Crippen molar-refractivity contribution in [1.29, 1.82) is 0 Å². The van der Waals surface area contributed by atoms with Crippen LogP contribution < -0.4 is 20.9 Å². The first-order chi connectivity index (χ1) is 10.0. The second-order valence-electron chi connectivity index (χ2n) is 4.61. The zero-order valence-corrected chi connectivity index (χ0v) is 11.8. The Hall–Kier alpha value is -2.69. The number of nitrogen functional groups attached to an aromatic ring is 2. The number of carbonyl (C=O) groups is 1. The van der Waals surface area contributed by atoms with Gasteiger partial charge in [0.2, 0.25) is 0 Å². The van der Waals surface area contributed by atoms with Crippen LogP contribution in [0.5, 0.6) is 11.5 Å². The minimum Gasteiger partial charge on any atom is -0.490 e. The van der Waals surface area contributed by atoms with Gasteiger partial charge in [0.05, 0.1) is 0 Å². The van der Waals surface area contributed by atoms with Gasteiger partial charge in [-0.3, -0.25) is 4.79 Å². The highest BCUT2D eigenvalue weighted by molar-refractivity contribution is 5.94. The van der Waals surface area contributed by atoms with Crippen molar-refractivity contribution < 1.29 is 14.3 Å². The third-order valence-electron chi connectivity index (χ3n) is 2.83. The summed E-state index contributed by atoms with van der Waals surface area (Å²) in [4.78, 5) is 11.1. The van der Waals surface area contributed by atoms with Crippen LogP contribution in [0.25, 0.3) is 0 Å². The van der Waals surface area contributed by atoms with E-state index in [1.807, 2.05) is 0 Å². The maximum Gasteiger partial charge on any atom is 0.159 e. The van der Waals surface area contributed by atoms with Crippen LogP contribution in [0.3, 0.4) is 0 Å². The fraction of sp³-hybridized carbons (Fsp3) is 0.188. The summed E-state index contributed by atoms with van der Waals surface area (Å²) in [6, 6.07) is 12.1. The third kappa shape index (κ3) is 4.42. The van der Waals surface area contributed by atoms with E-state index in [0.29, 0.717) is 41.7 Å². The van der Waals surface area contributed by atoms with Crippen molar-refractivity contribution in [3.05, 3.63) is 48.0 Å². The van der Waals surface area contributed by atoms with Gasteiger partial charge in [-0.2, -0.15) is 0 Å². The fourth-order valence-electron chi connectivity index (χ4n) is 1.83. The molecular weight excluding hydrogens is 268 g/mol. The largest absolute Gasteiger partial charge is 0.490 e. The summed E-state index contributed by atoms with van der Waals surface area (Å²) in [7, 11) is 0. The number of carbonyl (C=O) groups excluding carboxylic acids is 1. The predicted octanol–water partition coefficient (Wildman–Crippen LogP) is 2.51. The summed E-state index contributed by atoms with van der Waals surface area (Å²) in [5.41, 5.74) is 13.1. The predicted molar refractivity (Wildman–Crippen MR) is 82.7 cm³/mol. The van der Waals surface area contributed by atoms with Gasteiger partial charge in [-0.1, -0.05) is 0 Å². The van der Waals surface area contributed by atoms with Gasteiger partial charge in [-0.25, -0.2) is 0 Å². The maximum atomic E-state index is 11.1. The second-order valence-corrected chi connectivity index (χ2v) is 4.61. The van der Waals surface area contributed by atoms with E-state index < -0.39 is 0 Å². The summed E-state index contributed by atoms with van der Waals surface area (Å²) < 4.78 is 11.0. The van der Waals surface area contributed by atoms with Gasteiger partial charge >= 0.3 is 0 Å². The molecule has 0 aromatic heterocycles. The van der Waals surface area contributed by atoms with E-state index in [9.17, 15) is 4.79 Å². The molecule has 5 nitrogen and oxygen atoms in total. The fourth-order valence-corrected chi connectivity index (χ4v) is 1.83. The minimum atomic E-state index is 0.0316. The molecule has 21 heavy (non-hydrogen) atoms. The standard InChI is InChI=1S/C16H18N2O3/c1-11(19)12-2-4-15(5-3-12)20-6-7-21-16-9-13(17)8-14(18)10-16/h2-5,8-10H,6-7,17-18H2,1H3. The van der Waals surface area contributed by atoms with Crippen molar-refractivity contribution in [2.45, 2.75) is 6.92 Å². The Labute approximate surface area is 123 Å². The molecule has 0 aliphatic rings. The topological polar surface area (TPSA) is 87.6 Å². The van der Waals surface area contributed by atoms with Gasteiger partial charge in [-0.15, -0.1) is 0 Å². The lowest BCUT2D eigenvalue weighted by Crippen LogP contribution is -2.09. The molecule has 0 amide bonds. The van der Waals surface area contributed by atoms with Crippen LogP contribution in [-0.4, -0.2) is 19.0 Å². The number of nitrogens with two attached hydrogens (primary N) is 2. The van der Waals surface area contributed by atoms with Crippen LogP contribution in [0.2, 0.25) is 0 Å². The average molecular weight is 286 g/mol. The molecule has 5 heteroatoms. The molecule has 4 N–H and O–H groups in total. The van der Waals surface area contributed by atoms with Crippen LogP contribution in [0, 0.1) is 0 Å². The number of ether oxygens (including phenoxy) is 2. The molecule has 0 heterocycles. The summed E-state index contributed by atoms with van der Waals surface area (Å²) >= 11 is 0. The zero-order valence-electron chi connectivity index (χ0n) is 11.8. The average Bonchev–Trinajstić information content (AvgIpc) is 2.43. The van der Waals surface area contributed by atoms with Crippen LogP contribution >= 0.6 is 0 Å². The van der Waals surface area contributed by atoms with Crippen molar-refractivity contribution in [2.24, 2.45) is 0 Å². The molecule has 0 saturated carbocycles. The molecule has 0 aliphatic carbocycles. The van der Waals surface area contributed by atoms with Gasteiger partial charge < -0.3 is 20.9 Å². The van der Waals surface area contributed by atoms with Crippen molar-refractivity contribution >= 4 is 17.2 Å². The molecule has 0 atom stereocenters. The van der Waals surface area contributed by atoms with Gasteiger partial charge in [0, 0.05) is 29.1 Å². The Balaban J connectivity index is 1.80. The third-order valence-corrected chi connectivity index (χ3v) is 2.83. The van der Waals surface area contributed by atoms with E-state index in [0.717, 1.165) is 0 Å². The Kier molecular flexibility index (Phi) is 4.66. The molecule has 0 unspecified atom stereocenters. The number of ketones is 1. The summed E-state index contributed by atoms with van der Waals surface area (Å²) in [5, 5.41) is 0. The number of hydrogen-bond acceptors (Lipinski definition) is 5. The highest BCUT2D eigenvalue weighted by Crippen LogP contribution is 2.20. The van der Waals surface area contributed by atoms with E-state index in [1.165, 1.54) is 6.92 Å². The lowest BCUT2D eigenvalue weighted by Gasteiger charge is -2.09. The van der Waals surface area contributed by atoms with Crippen molar-refractivity contribution in [1.82, 2.24) is 0 Å². The van der Waals surface area contributed by atoms with Gasteiger partial charge in [0.25, 0.3) is 0 Å². The zero-order chi connectivity index (χ0) is 15.2. The molecule has 0 bridgehead atoms. The maximum absolute atomic E-state index is 11.1. The van der Waals surface area contributed by atoms with Crippen LogP contribution in [0.1, 0.15) is 17.3 Å². The Morgan fingerprint density at radius 2 is 1.43 bits per heavy atom. The first-order valence-corrected chi connectivity index (χ1v) is 6.57. The van der Waals surface area contributed by atoms with Crippen LogP contribution in [-0.2, 0) is 0 Å². The van der Waals surface area contributed by atoms with Gasteiger partial charge in [0.1, 0.15) is 24.7 Å². The van der Waals surface area contributed by atoms with E-state index in [1.54, 1.807) is 42.5 Å². The quantitative estimate of drug-likeness (QED) is 0.484. The number of anilines is 2. The molecule has 0 radical (unpaired) electrons. The molecule has 0 fully saturated rings. The van der Waals surface area contributed by atoms with Crippen LogP contribution in [0.4, 0.5) is 11.4 Å². The molecule has 0 spiro atoms. The summed E-state index contributed by atoms with van der Waals surface area (Å²) in [5.74, 6) is 1.34. The lowest BCUT2D eigenvalue weighted by atomic mass is 10.1. The molecule has 110 valence electrons. The van der Waals surface area contributed by atoms with E-state index in [4.69, 9.17) is 20.9 Å². The highest BCUT2D eigenvalue weighted by Gasteiger charge is 2.01. The molecule has 2 aromatic carbocycles. The normalized spacial score (nSPS) is 10.1. The number of rotatable bonds is 6. The van der Waals surface area contributed by atoms with Gasteiger partial charge in [0.15, 0.2) is 5.78 Å². The molecular formula is C16H18N2O3. The summed E-state index contributed by atoms with van der Waals surface area (Å²) in [6.45, 7) is 2.28. The smallest absolute Gasteiger partial charge is 0.159 e. The first-order valence-electron chi connectivity index (χ1n) is 6.57. The summed E-state index contributed by atoms with van der Waals surface area (Å²) in [6.07, 6.45) is 0. The molecule has 0 saturated heterocycles. The van der Waals surface area contributed by atoms with Gasteiger partial charge in [-0.05, 0) is 37.3 Å². The SMILES string of the molecule is CC(=O)c1ccc(OCCOc2cc(N)cc(N)c2)cc1. The Morgan fingerprint density at radius 3 is 1.95 bits per heavy atom. The molecule has 0 aliphatic heterocycles. The Morgan fingerprint density at radius 1 is 0.905 bits per heavy atom. The number of hydrogen-bond donors (Lipinski definition) is 2. The van der Waals surface area contributed by atoms with Crippen molar-refractivity contribution in [3.63, 3.8) is 0 Å². The number of Topliss-reactive ketones (excluding diaryl/α,β-unsaturated/α-hetero) is 1. The first kappa shape index (κ1) is 14.7. The minimum absolute atomic E-state index is 0.0316. The monoisotopic (exact) mass is 286 g/mol. The van der Waals surface area contributed by atoms with Crippen molar-refractivity contribution in [3.8, 4) is 11.5 Å². The van der Waals surface area contributed by atoms with E-state index in [2.05, 4.69) is 0 Å². The van der Waals surface area contributed by atoms with E-state index >= 15 is 0 Å². The van der Waals surface area contributed by atoms with Crippen LogP contribution in [0.15, 0.2) is 42.5 Å². The molecule has 2 aromatic rings. The highest BCUT2D eigenvalue weighted by atomic mass is 16.5. The van der Waals surface area contributed by atoms with Crippen molar-refractivity contribution in [2.75, 3.05) is 24.7 Å². The van der Waals surface area contributed by atoms with E-state index in [-0.39, 0.29) is 5.78 Å². The lowest BCUT2D eigenvalue weighted by molar-refractivity contribution is 0.101. The molecule has 2 rings (SSSR count).